The Morgan fingerprint density at radius 2 is 1.81 bits per heavy atom. The maximum absolute atomic E-state index is 12.6. The van der Waals surface area contributed by atoms with Crippen molar-refractivity contribution in [2.24, 2.45) is 0 Å². The number of carbonyl (C=O) groups excluding carboxylic acids is 1. The number of halogens is 2. The first-order chi connectivity index (χ1) is 12.9. The van der Waals surface area contributed by atoms with Crippen molar-refractivity contribution < 1.29 is 9.53 Å². The van der Waals surface area contributed by atoms with Gasteiger partial charge in [0.2, 0.25) is 0 Å². The molecule has 27 heavy (non-hydrogen) atoms. The maximum atomic E-state index is 12.6. The Kier molecular flexibility index (Phi) is 5.88. The second kappa shape index (κ2) is 8.15. The van der Waals surface area contributed by atoms with Gasteiger partial charge in [-0.3, -0.25) is 0 Å². The molecule has 0 bridgehead atoms. The summed E-state index contributed by atoms with van der Waals surface area (Å²) in [6.07, 6.45) is 2.68. The molecule has 0 saturated heterocycles. The summed E-state index contributed by atoms with van der Waals surface area (Å²) >= 11 is 12.3. The first-order valence-electron chi connectivity index (χ1n) is 8.59. The quantitative estimate of drug-likeness (QED) is 0.525. The van der Waals surface area contributed by atoms with Crippen LogP contribution >= 0.6 is 23.2 Å². The fourth-order valence-corrected chi connectivity index (χ4v) is 3.55. The number of rotatable bonds is 4. The van der Waals surface area contributed by atoms with E-state index in [1.165, 1.54) is 15.7 Å². The molecule has 0 aliphatic rings. The highest BCUT2D eigenvalue weighted by atomic mass is 35.5. The Morgan fingerprint density at radius 3 is 2.52 bits per heavy atom. The zero-order valence-electron chi connectivity index (χ0n) is 15.4. The molecule has 0 N–H and O–H groups in total. The number of nitrogens with zero attached hydrogens (tertiary/aromatic N) is 2. The second-order valence-electron chi connectivity index (χ2n) is 6.42. The summed E-state index contributed by atoms with van der Waals surface area (Å²) in [6, 6.07) is 11.3. The third kappa shape index (κ3) is 4.02. The lowest BCUT2D eigenvalue weighted by atomic mass is 9.93. The third-order valence-electron chi connectivity index (χ3n) is 4.77. The summed E-state index contributed by atoms with van der Waals surface area (Å²) in [4.78, 5) is 17.0. The molecular weight excluding hydrogens is 383 g/mol. The topological polar surface area (TPSA) is 44.1 Å². The highest BCUT2D eigenvalue weighted by Crippen LogP contribution is 2.28. The number of hydrogen-bond donors (Lipinski definition) is 0. The van der Waals surface area contributed by atoms with Crippen molar-refractivity contribution in [1.29, 1.82) is 0 Å². The summed E-state index contributed by atoms with van der Waals surface area (Å²) in [5.41, 5.74) is 4.10. The minimum absolute atomic E-state index is 0.00713. The largest absolute Gasteiger partial charge is 0.444 e. The van der Waals surface area contributed by atoms with Crippen LogP contribution in [0.15, 0.2) is 48.8 Å². The van der Waals surface area contributed by atoms with Crippen molar-refractivity contribution in [2.75, 3.05) is 0 Å². The first kappa shape index (κ1) is 19.5. The first-order valence-corrected chi connectivity index (χ1v) is 9.35. The summed E-state index contributed by atoms with van der Waals surface area (Å²) in [6.45, 7) is 6.16. The monoisotopic (exact) mass is 402 g/mol. The molecule has 0 aliphatic carbocycles. The lowest BCUT2D eigenvalue weighted by Crippen LogP contribution is -2.18. The van der Waals surface area contributed by atoms with Gasteiger partial charge in [-0.1, -0.05) is 54.4 Å². The molecule has 0 aliphatic heterocycles. The van der Waals surface area contributed by atoms with Gasteiger partial charge in [0.15, 0.2) is 0 Å². The Labute approximate surface area is 168 Å². The molecule has 6 heteroatoms. The van der Waals surface area contributed by atoms with Gasteiger partial charge in [0.1, 0.15) is 12.4 Å². The third-order valence-corrected chi connectivity index (χ3v) is 5.48. The van der Waals surface area contributed by atoms with E-state index in [1.54, 1.807) is 30.6 Å². The smallest absolute Gasteiger partial charge is 0.419 e. The molecule has 0 unspecified atom stereocenters. The van der Waals surface area contributed by atoms with Crippen molar-refractivity contribution in [3.63, 3.8) is 0 Å². The van der Waals surface area contributed by atoms with Gasteiger partial charge in [0.05, 0.1) is 0 Å². The van der Waals surface area contributed by atoms with Gasteiger partial charge in [0.25, 0.3) is 0 Å². The number of aryl methyl sites for hydroxylation is 1. The average molecular weight is 403 g/mol. The maximum Gasteiger partial charge on any atom is 0.419 e. The van der Waals surface area contributed by atoms with E-state index >= 15 is 0 Å². The highest BCUT2D eigenvalue weighted by Gasteiger charge is 2.21. The van der Waals surface area contributed by atoms with Gasteiger partial charge in [-0.15, -0.1) is 0 Å². The summed E-state index contributed by atoms with van der Waals surface area (Å²) in [5.74, 6) is 0.565. The van der Waals surface area contributed by atoms with Crippen molar-refractivity contribution in [3.05, 3.63) is 86.9 Å². The van der Waals surface area contributed by atoms with E-state index in [0.29, 0.717) is 21.4 Å². The molecular formula is C21H20Cl2N2O2. The Hall–Kier alpha value is -2.30. The van der Waals surface area contributed by atoms with Crippen LogP contribution in [0.1, 0.15) is 40.9 Å². The van der Waals surface area contributed by atoms with Crippen molar-refractivity contribution >= 4 is 29.3 Å². The van der Waals surface area contributed by atoms with Gasteiger partial charge in [0, 0.05) is 33.9 Å². The molecule has 2 aromatic carbocycles. The van der Waals surface area contributed by atoms with E-state index in [9.17, 15) is 4.79 Å². The van der Waals surface area contributed by atoms with Crippen LogP contribution in [0, 0.1) is 13.8 Å². The highest BCUT2D eigenvalue weighted by molar-refractivity contribution is 6.35. The van der Waals surface area contributed by atoms with E-state index in [4.69, 9.17) is 27.9 Å². The number of aromatic nitrogens is 2. The summed E-state index contributed by atoms with van der Waals surface area (Å²) < 4.78 is 6.86. The average Bonchev–Trinajstić information content (AvgIpc) is 3.13. The molecule has 4 nitrogen and oxygen atoms in total. The lowest BCUT2D eigenvalue weighted by Gasteiger charge is -2.17. The number of benzene rings is 2. The molecule has 140 valence electrons. The molecule has 0 saturated carbocycles. The molecule has 1 aromatic heterocycles. The molecule has 0 radical (unpaired) electrons. The van der Waals surface area contributed by atoms with Crippen LogP contribution in [0.3, 0.4) is 0 Å². The zero-order valence-corrected chi connectivity index (χ0v) is 16.9. The van der Waals surface area contributed by atoms with Gasteiger partial charge in [-0.05, 0) is 42.7 Å². The van der Waals surface area contributed by atoms with Gasteiger partial charge < -0.3 is 4.74 Å². The second-order valence-corrected chi connectivity index (χ2v) is 7.24. The van der Waals surface area contributed by atoms with Gasteiger partial charge in [-0.2, -0.15) is 0 Å². The molecule has 3 aromatic rings. The minimum atomic E-state index is -0.518. The molecule has 0 fully saturated rings. The number of hydrogen-bond acceptors (Lipinski definition) is 3. The standard InChI is InChI=1S/C21H20Cl2N2O2/c1-13-6-4-7-16(14(13)2)15(3)20-24-10-11-25(20)21(26)27-12-17-18(22)8-5-9-19(17)23/h4-11,15H,12H2,1-3H3/t15-/m0/s1. The molecule has 1 atom stereocenters. The van der Waals surface area contributed by atoms with Crippen LogP contribution in [-0.4, -0.2) is 15.6 Å². The van der Waals surface area contributed by atoms with Crippen LogP contribution in [0.5, 0.6) is 0 Å². The molecule has 0 spiro atoms. The molecule has 3 rings (SSSR count). The fraction of sp³-hybridized carbons (Fsp3) is 0.238. The van der Waals surface area contributed by atoms with E-state index < -0.39 is 6.09 Å². The van der Waals surface area contributed by atoms with E-state index in [1.807, 2.05) is 13.0 Å². The van der Waals surface area contributed by atoms with E-state index in [2.05, 4.69) is 31.0 Å². The van der Waals surface area contributed by atoms with Gasteiger partial charge >= 0.3 is 6.09 Å². The number of imidazole rings is 1. The Morgan fingerprint density at radius 1 is 1.15 bits per heavy atom. The Balaban J connectivity index is 1.82. The van der Waals surface area contributed by atoms with Gasteiger partial charge in [-0.25, -0.2) is 14.3 Å². The summed E-state index contributed by atoms with van der Waals surface area (Å²) in [7, 11) is 0. The molecule has 1 heterocycles. The van der Waals surface area contributed by atoms with E-state index in [0.717, 1.165) is 5.56 Å². The van der Waals surface area contributed by atoms with Crippen molar-refractivity contribution in [3.8, 4) is 0 Å². The van der Waals surface area contributed by atoms with Crippen LogP contribution < -0.4 is 0 Å². The Bertz CT molecular complexity index is 962. The van der Waals surface area contributed by atoms with Crippen LogP contribution in [0.4, 0.5) is 4.79 Å². The zero-order chi connectivity index (χ0) is 19.6. The molecule has 0 amide bonds. The number of ether oxygens (including phenoxy) is 1. The number of carbonyl (C=O) groups is 1. The van der Waals surface area contributed by atoms with Crippen LogP contribution in [-0.2, 0) is 11.3 Å². The van der Waals surface area contributed by atoms with E-state index in [-0.39, 0.29) is 12.5 Å². The van der Waals surface area contributed by atoms with Crippen LogP contribution in [0.25, 0.3) is 0 Å². The lowest BCUT2D eigenvalue weighted by molar-refractivity contribution is 0.140. The normalized spacial score (nSPS) is 12.0. The predicted molar refractivity (Wildman–Crippen MR) is 108 cm³/mol. The summed E-state index contributed by atoms with van der Waals surface area (Å²) in [5, 5.41) is 0.926. The fourth-order valence-electron chi connectivity index (χ4n) is 3.05. The predicted octanol–water partition coefficient (Wildman–Crippen LogP) is 6.14. The van der Waals surface area contributed by atoms with Crippen molar-refractivity contribution in [2.45, 2.75) is 33.3 Å². The van der Waals surface area contributed by atoms with Crippen LogP contribution in [0.2, 0.25) is 10.0 Å². The minimum Gasteiger partial charge on any atom is -0.444 e. The van der Waals surface area contributed by atoms with Crippen molar-refractivity contribution in [1.82, 2.24) is 9.55 Å². The SMILES string of the molecule is Cc1cccc([C@H](C)c2nccn2C(=O)OCc2c(Cl)cccc2Cl)c1C.